The number of carbonyl (C=O) groups excluding carboxylic acids is 1. The number of hydrogen-bond donors (Lipinski definition) is 2. The Hall–Kier alpha value is -3.91. The molecule has 0 radical (unpaired) electrons. The number of thioether (sulfide) groups is 1. The molecule has 0 atom stereocenters. The molecule has 2 N–H and O–H groups in total. The van der Waals surface area contributed by atoms with Crippen molar-refractivity contribution in [3.05, 3.63) is 90.0 Å². The first-order chi connectivity index (χ1) is 15.6. The van der Waals surface area contributed by atoms with Crippen LogP contribution in [0.4, 0.5) is 0 Å². The fourth-order valence-electron chi connectivity index (χ4n) is 3.05. The molecule has 0 saturated heterocycles. The SMILES string of the molecule is Cc1ccc(-[n+]2c(SCC(=O)N/N=C/c3cccc([O-])c3)n[nH]c2-c2ccccc2)cc1. The monoisotopic (exact) mass is 443 g/mol. The summed E-state index contributed by atoms with van der Waals surface area (Å²) in [6.45, 7) is 2.04. The Morgan fingerprint density at radius 1 is 1.12 bits per heavy atom. The number of nitrogens with zero attached hydrogens (tertiary/aromatic N) is 3. The third kappa shape index (κ3) is 5.22. The second-order valence-corrected chi connectivity index (χ2v) is 7.99. The summed E-state index contributed by atoms with van der Waals surface area (Å²) in [5.41, 5.74) is 6.21. The summed E-state index contributed by atoms with van der Waals surface area (Å²) in [5.74, 6) is 0.575. The van der Waals surface area contributed by atoms with Gasteiger partial charge in [-0.15, -0.1) is 10.8 Å². The van der Waals surface area contributed by atoms with Crippen molar-refractivity contribution < 1.29 is 14.5 Å². The number of carbonyl (C=O) groups is 1. The van der Waals surface area contributed by atoms with E-state index in [0.29, 0.717) is 10.7 Å². The highest BCUT2D eigenvalue weighted by Gasteiger charge is 2.24. The van der Waals surface area contributed by atoms with Crippen LogP contribution in [0.5, 0.6) is 5.75 Å². The van der Waals surface area contributed by atoms with Crippen LogP contribution in [-0.4, -0.2) is 28.1 Å². The molecule has 1 amide bonds. The quantitative estimate of drug-likeness (QED) is 0.199. The van der Waals surface area contributed by atoms with Gasteiger partial charge in [0.25, 0.3) is 11.7 Å². The first-order valence-electron chi connectivity index (χ1n) is 9.95. The van der Waals surface area contributed by atoms with Crippen molar-refractivity contribution in [1.82, 2.24) is 15.6 Å². The molecule has 3 aromatic carbocycles. The summed E-state index contributed by atoms with van der Waals surface area (Å²) in [6.07, 6.45) is 1.44. The van der Waals surface area contributed by atoms with E-state index in [4.69, 9.17) is 0 Å². The molecule has 8 heteroatoms. The van der Waals surface area contributed by atoms with Gasteiger partial charge in [-0.05, 0) is 48.5 Å². The second kappa shape index (κ2) is 9.93. The minimum atomic E-state index is -0.274. The maximum Gasteiger partial charge on any atom is 0.342 e. The lowest BCUT2D eigenvalue weighted by Crippen LogP contribution is -2.34. The highest BCUT2D eigenvalue weighted by Crippen LogP contribution is 2.20. The highest BCUT2D eigenvalue weighted by molar-refractivity contribution is 7.99. The first-order valence-corrected chi connectivity index (χ1v) is 10.9. The van der Waals surface area contributed by atoms with Crippen molar-refractivity contribution in [2.75, 3.05) is 5.75 Å². The first kappa shape index (κ1) is 21.3. The zero-order valence-electron chi connectivity index (χ0n) is 17.4. The van der Waals surface area contributed by atoms with Crippen molar-refractivity contribution in [3.63, 3.8) is 0 Å². The number of benzene rings is 3. The summed E-state index contributed by atoms with van der Waals surface area (Å²) in [4.78, 5) is 12.3. The average molecular weight is 444 g/mol. The van der Waals surface area contributed by atoms with Gasteiger partial charge in [0, 0.05) is 0 Å². The molecule has 7 nitrogen and oxygen atoms in total. The van der Waals surface area contributed by atoms with Crippen LogP contribution in [0, 0.1) is 6.92 Å². The third-order valence-electron chi connectivity index (χ3n) is 4.61. The van der Waals surface area contributed by atoms with E-state index < -0.39 is 0 Å². The van der Waals surface area contributed by atoms with Crippen LogP contribution in [0.25, 0.3) is 17.1 Å². The Balaban J connectivity index is 1.50. The van der Waals surface area contributed by atoms with Gasteiger partial charge in [-0.1, -0.05) is 60.2 Å². The predicted molar refractivity (Wildman–Crippen MR) is 123 cm³/mol. The van der Waals surface area contributed by atoms with Gasteiger partial charge in [-0.2, -0.15) is 9.67 Å². The fourth-order valence-corrected chi connectivity index (χ4v) is 3.81. The van der Waals surface area contributed by atoms with Crippen LogP contribution in [0.3, 0.4) is 0 Å². The van der Waals surface area contributed by atoms with Gasteiger partial charge < -0.3 is 5.11 Å². The van der Waals surface area contributed by atoms with E-state index in [1.165, 1.54) is 30.1 Å². The standard InChI is InChI=1S/C24H21N5O2S/c1-17-10-12-20(13-11-17)29-23(19-7-3-2-4-8-19)27-28-24(29)32-16-22(31)26-25-15-18-6-5-9-21(30)14-18/h2-15H,16H2,1H3,(H2,26,30,31)/b25-15+. The topological polar surface area (TPSA) is 97.1 Å². The van der Waals surface area contributed by atoms with Crippen LogP contribution in [0.1, 0.15) is 11.1 Å². The third-order valence-corrected chi connectivity index (χ3v) is 5.54. The van der Waals surface area contributed by atoms with Gasteiger partial charge >= 0.3 is 5.16 Å². The number of hydrogen-bond acceptors (Lipinski definition) is 5. The van der Waals surface area contributed by atoms with Crippen LogP contribution in [0.15, 0.2) is 89.1 Å². The number of rotatable bonds is 7. The Bertz CT molecular complexity index is 1240. The summed E-state index contributed by atoms with van der Waals surface area (Å²) in [5, 5.41) is 23.5. The van der Waals surface area contributed by atoms with Crippen LogP contribution < -0.4 is 15.1 Å². The molecule has 0 unspecified atom stereocenters. The normalized spacial score (nSPS) is 11.0. The largest absolute Gasteiger partial charge is 0.872 e. The number of aromatic nitrogens is 3. The highest BCUT2D eigenvalue weighted by atomic mass is 32.2. The number of hydrazone groups is 1. The smallest absolute Gasteiger partial charge is 0.342 e. The van der Waals surface area contributed by atoms with Crippen molar-refractivity contribution >= 4 is 23.9 Å². The predicted octanol–water partition coefficient (Wildman–Crippen LogP) is 2.98. The van der Waals surface area contributed by atoms with Crippen LogP contribution in [0.2, 0.25) is 0 Å². The molecule has 32 heavy (non-hydrogen) atoms. The van der Waals surface area contributed by atoms with Crippen LogP contribution >= 0.6 is 11.8 Å². The summed E-state index contributed by atoms with van der Waals surface area (Å²) in [6, 6.07) is 24.3. The Labute approximate surface area is 189 Å². The molecule has 1 aromatic heterocycles. The van der Waals surface area contributed by atoms with Gasteiger partial charge in [0.1, 0.15) is 5.69 Å². The van der Waals surface area contributed by atoms with E-state index in [1.807, 2.05) is 66.1 Å². The zero-order chi connectivity index (χ0) is 22.3. The molecule has 0 aliphatic rings. The Kier molecular flexibility index (Phi) is 6.62. The van der Waals surface area contributed by atoms with Crippen LogP contribution in [-0.2, 0) is 4.79 Å². The molecular formula is C24H21N5O2S. The lowest BCUT2D eigenvalue weighted by molar-refractivity contribution is -0.625. The lowest BCUT2D eigenvalue weighted by atomic mass is 10.2. The molecular weight excluding hydrogens is 422 g/mol. The summed E-state index contributed by atoms with van der Waals surface area (Å²) in [7, 11) is 0. The van der Waals surface area contributed by atoms with Crippen molar-refractivity contribution in [3.8, 4) is 22.8 Å². The Morgan fingerprint density at radius 2 is 1.91 bits per heavy atom. The number of aromatic amines is 1. The van der Waals surface area contributed by atoms with Crippen molar-refractivity contribution in [1.29, 1.82) is 0 Å². The molecule has 4 aromatic rings. The lowest BCUT2D eigenvalue weighted by Gasteiger charge is -2.05. The van der Waals surface area contributed by atoms with E-state index in [9.17, 15) is 9.90 Å². The molecule has 4 rings (SSSR count). The summed E-state index contributed by atoms with van der Waals surface area (Å²) < 4.78 is 2.00. The Morgan fingerprint density at radius 3 is 2.66 bits per heavy atom. The van der Waals surface area contributed by atoms with Gasteiger partial charge in [0.05, 0.1) is 22.6 Å². The van der Waals surface area contributed by atoms with E-state index in [1.54, 1.807) is 12.1 Å². The molecule has 0 aliphatic carbocycles. The maximum atomic E-state index is 12.3. The van der Waals surface area contributed by atoms with E-state index in [2.05, 4.69) is 20.7 Å². The average Bonchev–Trinajstić information content (AvgIpc) is 3.23. The molecule has 1 heterocycles. The molecule has 160 valence electrons. The fraction of sp³-hybridized carbons (Fsp3) is 0.0833. The van der Waals surface area contributed by atoms with Crippen molar-refractivity contribution in [2.45, 2.75) is 12.1 Å². The number of amides is 1. The molecule has 0 saturated carbocycles. The second-order valence-electron chi connectivity index (χ2n) is 7.05. The number of H-pyrrole nitrogens is 1. The molecule has 0 spiro atoms. The maximum absolute atomic E-state index is 12.3. The van der Waals surface area contributed by atoms with Gasteiger partial charge in [-0.25, -0.2) is 5.43 Å². The molecule has 0 bridgehead atoms. The molecule has 0 aliphatic heterocycles. The van der Waals surface area contributed by atoms with Gasteiger partial charge in [0.15, 0.2) is 0 Å². The zero-order valence-corrected chi connectivity index (χ0v) is 18.2. The minimum Gasteiger partial charge on any atom is -0.872 e. The minimum absolute atomic E-state index is 0.107. The molecule has 0 fully saturated rings. The van der Waals surface area contributed by atoms with E-state index >= 15 is 0 Å². The van der Waals surface area contributed by atoms with Gasteiger partial charge in [-0.3, -0.25) is 4.79 Å². The van der Waals surface area contributed by atoms with E-state index in [0.717, 1.165) is 22.6 Å². The van der Waals surface area contributed by atoms with Gasteiger partial charge in [0.2, 0.25) is 0 Å². The van der Waals surface area contributed by atoms with Crippen molar-refractivity contribution in [2.24, 2.45) is 5.10 Å². The number of aryl methyl sites for hydroxylation is 1. The summed E-state index contributed by atoms with van der Waals surface area (Å²) >= 11 is 1.30. The number of nitrogens with one attached hydrogen (secondary N) is 2. The van der Waals surface area contributed by atoms with E-state index in [-0.39, 0.29) is 17.4 Å².